The third-order valence-corrected chi connectivity index (χ3v) is 14.5. The topological polar surface area (TPSA) is 95.9 Å². The maximum atomic E-state index is 12.4. The third-order valence-electron chi connectivity index (χ3n) is 14.5. The van der Waals surface area contributed by atoms with E-state index in [0.29, 0.717) is 25.9 Å². The van der Waals surface area contributed by atoms with Gasteiger partial charge in [-0.05, 0) is 57.8 Å². The molecule has 0 aromatic rings. The Hall–Kier alpha value is -1.66. The number of aliphatic hydroxyl groups is 2. The lowest BCUT2D eigenvalue weighted by molar-refractivity contribution is -0.143. The zero-order valence-electron chi connectivity index (χ0n) is 46.6. The van der Waals surface area contributed by atoms with E-state index in [-0.39, 0.29) is 18.5 Å². The molecule has 0 aliphatic rings. The zero-order chi connectivity index (χ0) is 50.0. The predicted molar refractivity (Wildman–Crippen MR) is 301 cm³/mol. The van der Waals surface area contributed by atoms with E-state index in [1.165, 1.54) is 263 Å². The number of ether oxygens (including phenoxy) is 1. The molecule has 0 aliphatic heterocycles. The van der Waals surface area contributed by atoms with Crippen molar-refractivity contribution >= 4 is 11.9 Å². The minimum atomic E-state index is -0.664. The van der Waals surface area contributed by atoms with Crippen LogP contribution in [0.15, 0.2) is 24.3 Å². The summed E-state index contributed by atoms with van der Waals surface area (Å²) in [5, 5.41) is 23.1. The van der Waals surface area contributed by atoms with E-state index in [1.807, 2.05) is 0 Å². The van der Waals surface area contributed by atoms with Gasteiger partial charge in [0, 0.05) is 12.8 Å². The second-order valence-electron chi connectivity index (χ2n) is 21.4. The maximum absolute atomic E-state index is 12.4. The number of unbranched alkanes of at least 4 members (excludes halogenated alkanes) is 43. The smallest absolute Gasteiger partial charge is 0.305 e. The first kappa shape index (κ1) is 67.3. The number of rotatable bonds is 58. The molecule has 0 saturated carbocycles. The van der Waals surface area contributed by atoms with Crippen molar-refractivity contribution < 1.29 is 24.5 Å². The van der Waals surface area contributed by atoms with Gasteiger partial charge >= 0.3 is 5.97 Å². The highest BCUT2D eigenvalue weighted by atomic mass is 16.5. The van der Waals surface area contributed by atoms with Gasteiger partial charge in [-0.3, -0.25) is 9.59 Å². The highest BCUT2D eigenvalue weighted by Crippen LogP contribution is 2.17. The molecule has 3 N–H and O–H groups in total. The Morgan fingerprint density at radius 1 is 0.406 bits per heavy atom. The minimum Gasteiger partial charge on any atom is -0.466 e. The van der Waals surface area contributed by atoms with Gasteiger partial charge in [0.2, 0.25) is 5.91 Å². The van der Waals surface area contributed by atoms with Crippen LogP contribution < -0.4 is 5.32 Å². The lowest BCUT2D eigenvalue weighted by atomic mass is 10.0. The summed E-state index contributed by atoms with van der Waals surface area (Å²) in [5.74, 6) is -0.0255. The molecule has 0 rings (SSSR count). The average molecular weight is 973 g/mol. The molecule has 2 atom stereocenters. The number of allylic oxidation sites excluding steroid dienone is 4. The van der Waals surface area contributed by atoms with Crippen LogP contribution in [0.3, 0.4) is 0 Å². The number of amides is 1. The molecule has 0 radical (unpaired) electrons. The largest absolute Gasteiger partial charge is 0.466 e. The van der Waals surface area contributed by atoms with Gasteiger partial charge in [0.1, 0.15) is 0 Å². The van der Waals surface area contributed by atoms with Crippen LogP contribution in [0.5, 0.6) is 0 Å². The Labute approximate surface area is 431 Å². The van der Waals surface area contributed by atoms with E-state index in [4.69, 9.17) is 4.74 Å². The molecule has 2 unspecified atom stereocenters. The number of carbonyl (C=O) groups is 2. The summed E-state index contributed by atoms with van der Waals surface area (Å²) in [6.45, 7) is 4.95. The van der Waals surface area contributed by atoms with Crippen molar-refractivity contribution in [1.29, 1.82) is 0 Å². The second-order valence-corrected chi connectivity index (χ2v) is 21.4. The van der Waals surface area contributed by atoms with Crippen molar-refractivity contribution in [2.24, 2.45) is 0 Å². The first-order valence-electron chi connectivity index (χ1n) is 31.1. The summed E-state index contributed by atoms with van der Waals surface area (Å²) < 4.78 is 5.49. The summed E-state index contributed by atoms with van der Waals surface area (Å²) in [6, 6.07) is -0.541. The SMILES string of the molecule is CCCCCCCCCCCCCCCCCCC(=O)OCCCCCCCCCCC/C=C\C/C=C\CCCCCCCCCCCCCC(=O)NC(CO)C(O)CCCCCCCCCCC. The Morgan fingerprint density at radius 2 is 0.725 bits per heavy atom. The number of aliphatic hydroxyl groups excluding tert-OH is 2. The molecule has 6 nitrogen and oxygen atoms in total. The standard InChI is InChI=1S/C63H121NO5/c1-3-5-7-9-11-13-14-15-16-31-34-37-41-45-49-53-57-63(68)69-58-54-50-46-42-38-35-32-29-27-25-23-21-19-17-18-20-22-24-26-28-30-33-36-40-44-48-52-56-62(67)64-60(59-65)61(66)55-51-47-43-39-12-10-8-6-4-2/h17-18,21,23,60-61,65-66H,3-16,19-20,22,24-59H2,1-2H3,(H,64,67)/b18-17-,23-21-. The van der Waals surface area contributed by atoms with Gasteiger partial charge in [-0.15, -0.1) is 0 Å². The second kappa shape index (κ2) is 58.9. The lowest BCUT2D eigenvalue weighted by Crippen LogP contribution is -2.45. The number of nitrogens with one attached hydrogen (secondary N) is 1. The molecule has 0 aliphatic carbocycles. The highest BCUT2D eigenvalue weighted by molar-refractivity contribution is 5.76. The zero-order valence-corrected chi connectivity index (χ0v) is 46.6. The average Bonchev–Trinajstić information content (AvgIpc) is 3.35. The molecule has 0 saturated heterocycles. The van der Waals surface area contributed by atoms with Crippen LogP contribution in [0.4, 0.5) is 0 Å². The van der Waals surface area contributed by atoms with Gasteiger partial charge in [0.25, 0.3) is 0 Å². The number of hydrogen-bond donors (Lipinski definition) is 3. The molecule has 0 spiro atoms. The fraction of sp³-hybridized carbons (Fsp3) is 0.905. The van der Waals surface area contributed by atoms with Crippen molar-refractivity contribution in [3.05, 3.63) is 24.3 Å². The van der Waals surface area contributed by atoms with Crippen molar-refractivity contribution in [3.63, 3.8) is 0 Å². The van der Waals surface area contributed by atoms with E-state index in [0.717, 1.165) is 44.9 Å². The van der Waals surface area contributed by atoms with E-state index in [2.05, 4.69) is 43.5 Å². The van der Waals surface area contributed by atoms with Gasteiger partial charge < -0.3 is 20.3 Å². The number of carbonyl (C=O) groups excluding carboxylic acids is 2. The molecular weight excluding hydrogens is 851 g/mol. The molecule has 6 heteroatoms. The van der Waals surface area contributed by atoms with Gasteiger partial charge in [0.05, 0.1) is 25.4 Å². The van der Waals surface area contributed by atoms with Gasteiger partial charge in [-0.2, -0.15) is 0 Å². The summed E-state index contributed by atoms with van der Waals surface area (Å²) in [7, 11) is 0. The summed E-state index contributed by atoms with van der Waals surface area (Å²) in [5.41, 5.74) is 0. The van der Waals surface area contributed by atoms with Crippen LogP contribution in [0.2, 0.25) is 0 Å². The predicted octanol–water partition coefficient (Wildman–Crippen LogP) is 19.4. The van der Waals surface area contributed by atoms with Crippen LogP contribution in [0.1, 0.15) is 341 Å². The molecular formula is C63H121NO5. The van der Waals surface area contributed by atoms with Crippen LogP contribution in [0, 0.1) is 0 Å². The Morgan fingerprint density at radius 3 is 1.10 bits per heavy atom. The van der Waals surface area contributed by atoms with Crippen LogP contribution in [-0.4, -0.2) is 47.4 Å². The van der Waals surface area contributed by atoms with E-state index < -0.39 is 12.1 Å². The van der Waals surface area contributed by atoms with Gasteiger partial charge in [-0.25, -0.2) is 0 Å². The molecule has 0 aromatic carbocycles. The van der Waals surface area contributed by atoms with E-state index >= 15 is 0 Å². The van der Waals surface area contributed by atoms with Crippen molar-refractivity contribution in [2.45, 2.75) is 353 Å². The molecule has 69 heavy (non-hydrogen) atoms. The van der Waals surface area contributed by atoms with Crippen LogP contribution in [-0.2, 0) is 14.3 Å². The van der Waals surface area contributed by atoms with Crippen molar-refractivity contribution in [1.82, 2.24) is 5.32 Å². The molecule has 0 bridgehead atoms. The normalized spacial score (nSPS) is 12.7. The molecule has 0 aromatic heterocycles. The first-order valence-corrected chi connectivity index (χ1v) is 31.1. The lowest BCUT2D eigenvalue weighted by Gasteiger charge is -2.22. The van der Waals surface area contributed by atoms with Crippen molar-refractivity contribution in [2.75, 3.05) is 13.2 Å². The van der Waals surface area contributed by atoms with Crippen LogP contribution in [0.25, 0.3) is 0 Å². The highest BCUT2D eigenvalue weighted by Gasteiger charge is 2.20. The monoisotopic (exact) mass is 972 g/mol. The van der Waals surface area contributed by atoms with Gasteiger partial charge in [-0.1, -0.05) is 295 Å². The van der Waals surface area contributed by atoms with E-state index in [9.17, 15) is 19.8 Å². The third kappa shape index (κ3) is 55.5. The maximum Gasteiger partial charge on any atom is 0.305 e. The Balaban J connectivity index is 3.37. The fourth-order valence-electron chi connectivity index (χ4n) is 9.73. The minimum absolute atomic E-state index is 0.0143. The Bertz CT molecular complexity index is 1080. The molecule has 1 amide bonds. The summed E-state index contributed by atoms with van der Waals surface area (Å²) in [6.07, 6.45) is 72.0. The fourth-order valence-corrected chi connectivity index (χ4v) is 9.73. The summed E-state index contributed by atoms with van der Waals surface area (Å²) in [4.78, 5) is 24.5. The molecule has 408 valence electrons. The molecule has 0 heterocycles. The molecule has 0 fully saturated rings. The summed E-state index contributed by atoms with van der Waals surface area (Å²) >= 11 is 0. The number of hydrogen-bond acceptors (Lipinski definition) is 5. The van der Waals surface area contributed by atoms with Gasteiger partial charge in [0.15, 0.2) is 0 Å². The number of esters is 1. The Kier molecular flexibility index (Phi) is 57.5. The van der Waals surface area contributed by atoms with Crippen molar-refractivity contribution in [3.8, 4) is 0 Å². The first-order chi connectivity index (χ1) is 34.0. The van der Waals surface area contributed by atoms with Crippen LogP contribution >= 0.6 is 0 Å². The quantitative estimate of drug-likeness (QED) is 0.0321. The van der Waals surface area contributed by atoms with E-state index in [1.54, 1.807) is 0 Å².